The molecule has 0 spiro atoms. The number of esters is 2. The van der Waals surface area contributed by atoms with E-state index >= 15 is 0 Å². The lowest BCUT2D eigenvalue weighted by Gasteiger charge is -2.06. The Kier molecular flexibility index (Phi) is 5.11. The summed E-state index contributed by atoms with van der Waals surface area (Å²) in [6.45, 7) is 4.43. The van der Waals surface area contributed by atoms with Crippen LogP contribution in [0, 0.1) is 6.92 Å². The van der Waals surface area contributed by atoms with Crippen LogP contribution < -0.4 is 0 Å². The van der Waals surface area contributed by atoms with Gasteiger partial charge in [-0.05, 0) is 31.9 Å². The number of hydrogen-bond donors (Lipinski definition) is 1. The van der Waals surface area contributed by atoms with Crippen LogP contribution in [0.3, 0.4) is 0 Å². The Morgan fingerprint density at radius 1 is 1.19 bits per heavy atom. The van der Waals surface area contributed by atoms with Crippen molar-refractivity contribution in [3.05, 3.63) is 59.0 Å². The summed E-state index contributed by atoms with van der Waals surface area (Å²) in [6, 6.07) is 8.11. The van der Waals surface area contributed by atoms with Crippen molar-refractivity contribution < 1.29 is 19.1 Å². The van der Waals surface area contributed by atoms with Crippen LogP contribution in [0.4, 0.5) is 0 Å². The minimum atomic E-state index is -0.531. The van der Waals surface area contributed by atoms with Crippen LogP contribution in [-0.4, -0.2) is 35.2 Å². The van der Waals surface area contributed by atoms with Gasteiger partial charge in [0, 0.05) is 35.5 Å². The first-order chi connectivity index (χ1) is 12.6. The van der Waals surface area contributed by atoms with Gasteiger partial charge in [-0.2, -0.15) is 0 Å². The molecule has 0 aliphatic carbocycles. The first kappa shape index (κ1) is 17.8. The number of hydrogen-bond acceptors (Lipinski definition) is 4. The Morgan fingerprint density at radius 2 is 1.96 bits per heavy atom. The van der Waals surface area contributed by atoms with Crippen molar-refractivity contribution in [1.29, 1.82) is 0 Å². The summed E-state index contributed by atoms with van der Waals surface area (Å²) >= 11 is 0. The van der Waals surface area contributed by atoms with Gasteiger partial charge >= 0.3 is 11.9 Å². The normalized spacial score (nSPS) is 10.9. The Labute approximate surface area is 151 Å². The molecule has 2 heterocycles. The van der Waals surface area contributed by atoms with Crippen LogP contribution in [0.5, 0.6) is 0 Å². The Hall–Kier alpha value is -3.02. The number of ether oxygens (including phenoxy) is 2. The first-order valence-electron chi connectivity index (χ1n) is 8.57. The number of carbonyl (C=O) groups is 2. The lowest BCUT2D eigenvalue weighted by atomic mass is 10.1. The predicted molar refractivity (Wildman–Crippen MR) is 98.5 cm³/mol. The first-order valence-corrected chi connectivity index (χ1v) is 8.57. The number of aromatic nitrogens is 2. The molecule has 0 aliphatic heterocycles. The van der Waals surface area contributed by atoms with Gasteiger partial charge < -0.3 is 19.0 Å². The summed E-state index contributed by atoms with van der Waals surface area (Å²) in [5, 5.41) is 1.18. The van der Waals surface area contributed by atoms with Crippen LogP contribution in [-0.2, 0) is 22.4 Å². The van der Waals surface area contributed by atoms with Crippen molar-refractivity contribution in [3.63, 3.8) is 0 Å². The van der Waals surface area contributed by atoms with Crippen molar-refractivity contribution in [2.45, 2.75) is 26.8 Å². The van der Waals surface area contributed by atoms with Gasteiger partial charge in [-0.15, -0.1) is 0 Å². The van der Waals surface area contributed by atoms with Crippen LogP contribution in [0.1, 0.15) is 38.9 Å². The molecule has 1 N–H and O–H groups in total. The highest BCUT2D eigenvalue weighted by atomic mass is 16.5. The largest absolute Gasteiger partial charge is 0.465 e. The van der Waals surface area contributed by atoms with E-state index in [-0.39, 0.29) is 17.7 Å². The molecule has 1 aromatic carbocycles. The van der Waals surface area contributed by atoms with Crippen LogP contribution in [0.2, 0.25) is 0 Å². The topological polar surface area (TPSA) is 73.3 Å². The maximum Gasteiger partial charge on any atom is 0.340 e. The molecule has 136 valence electrons. The fraction of sp³-hybridized carbons (Fsp3) is 0.300. The van der Waals surface area contributed by atoms with E-state index in [1.54, 1.807) is 13.1 Å². The molecule has 0 aliphatic rings. The van der Waals surface area contributed by atoms with E-state index in [9.17, 15) is 9.59 Å². The predicted octanol–water partition coefficient (Wildman–Crippen LogP) is 3.48. The highest BCUT2D eigenvalue weighted by Crippen LogP contribution is 2.22. The number of para-hydroxylation sites is 1. The minimum absolute atomic E-state index is 0.245. The zero-order chi connectivity index (χ0) is 18.7. The van der Waals surface area contributed by atoms with Gasteiger partial charge in [0.15, 0.2) is 0 Å². The molecular weight excluding hydrogens is 332 g/mol. The number of benzene rings is 1. The zero-order valence-corrected chi connectivity index (χ0v) is 15.2. The fourth-order valence-corrected chi connectivity index (χ4v) is 3.19. The van der Waals surface area contributed by atoms with Crippen molar-refractivity contribution in [2.75, 3.05) is 13.7 Å². The number of carbonyl (C=O) groups excluding carboxylic acids is 2. The van der Waals surface area contributed by atoms with E-state index in [1.807, 2.05) is 35.9 Å². The van der Waals surface area contributed by atoms with E-state index < -0.39 is 11.9 Å². The van der Waals surface area contributed by atoms with E-state index in [0.717, 1.165) is 11.9 Å². The van der Waals surface area contributed by atoms with E-state index in [1.165, 1.54) is 18.1 Å². The second kappa shape index (κ2) is 7.47. The highest BCUT2D eigenvalue weighted by molar-refractivity contribution is 6.04. The summed E-state index contributed by atoms with van der Waals surface area (Å²) in [6.07, 6.45) is 4.44. The van der Waals surface area contributed by atoms with Crippen molar-refractivity contribution >= 4 is 22.8 Å². The van der Waals surface area contributed by atoms with E-state index in [4.69, 9.17) is 9.47 Å². The maximum atomic E-state index is 12.2. The van der Waals surface area contributed by atoms with Gasteiger partial charge in [0.05, 0.1) is 24.8 Å². The summed E-state index contributed by atoms with van der Waals surface area (Å²) in [4.78, 5) is 27.6. The molecule has 26 heavy (non-hydrogen) atoms. The third-order valence-corrected chi connectivity index (χ3v) is 4.53. The Morgan fingerprint density at radius 3 is 2.69 bits per heavy atom. The Bertz CT molecular complexity index is 952. The number of nitrogens with zero attached hydrogens (tertiary/aromatic N) is 1. The third-order valence-electron chi connectivity index (χ3n) is 4.53. The molecule has 0 saturated heterocycles. The van der Waals surface area contributed by atoms with Crippen LogP contribution in [0.25, 0.3) is 10.9 Å². The molecule has 0 saturated carbocycles. The summed E-state index contributed by atoms with van der Waals surface area (Å²) in [5.41, 5.74) is 3.49. The molecule has 3 rings (SSSR count). The van der Waals surface area contributed by atoms with Gasteiger partial charge in [-0.3, -0.25) is 0 Å². The molecule has 3 aromatic rings. The number of aryl methyl sites for hydroxylation is 2. The molecule has 0 amide bonds. The number of H-pyrrole nitrogens is 1. The molecule has 0 atom stereocenters. The van der Waals surface area contributed by atoms with Gasteiger partial charge in [0.2, 0.25) is 0 Å². The van der Waals surface area contributed by atoms with Crippen molar-refractivity contribution in [2.24, 2.45) is 0 Å². The fourth-order valence-electron chi connectivity index (χ4n) is 3.19. The van der Waals surface area contributed by atoms with E-state index in [2.05, 4.69) is 11.1 Å². The molecule has 6 nitrogen and oxygen atoms in total. The monoisotopic (exact) mass is 354 g/mol. The number of methoxy groups -OCH3 is 1. The lowest BCUT2D eigenvalue weighted by Crippen LogP contribution is -2.11. The van der Waals surface area contributed by atoms with Gasteiger partial charge in [0.1, 0.15) is 0 Å². The third kappa shape index (κ3) is 3.22. The number of nitrogens with one attached hydrogen (secondary N) is 1. The van der Waals surface area contributed by atoms with Crippen LogP contribution >= 0.6 is 0 Å². The number of rotatable bonds is 6. The quantitative estimate of drug-likeness (QED) is 0.688. The lowest BCUT2D eigenvalue weighted by molar-refractivity contribution is 0.0505. The minimum Gasteiger partial charge on any atom is -0.465 e. The molecule has 0 fully saturated rings. The van der Waals surface area contributed by atoms with E-state index in [0.29, 0.717) is 12.2 Å². The Balaban J connectivity index is 1.90. The summed E-state index contributed by atoms with van der Waals surface area (Å²) < 4.78 is 11.8. The maximum absolute atomic E-state index is 12.2. The summed E-state index contributed by atoms with van der Waals surface area (Å²) in [7, 11) is 1.31. The molecule has 0 bridgehead atoms. The second-order valence-corrected chi connectivity index (χ2v) is 6.02. The molecule has 0 unspecified atom stereocenters. The van der Waals surface area contributed by atoms with Gasteiger partial charge in [-0.1, -0.05) is 18.2 Å². The molecule has 2 aromatic heterocycles. The number of fused-ring (bicyclic) bond motifs is 1. The SMILES string of the molecule is CCOC(=O)c1cn(CCc2c[nH]c3ccccc23)c(C)c1C(=O)OC. The van der Waals surface area contributed by atoms with Gasteiger partial charge in [-0.25, -0.2) is 9.59 Å². The summed E-state index contributed by atoms with van der Waals surface area (Å²) in [5.74, 6) is -1.04. The average molecular weight is 354 g/mol. The standard InChI is InChI=1S/C20H22N2O4/c1-4-26-19(23)16-12-22(13(2)18(16)20(24)25-3)10-9-14-11-21-17-8-6-5-7-15(14)17/h5-8,11-12,21H,4,9-10H2,1-3H3. The average Bonchev–Trinajstić information content (AvgIpc) is 3.21. The number of aromatic amines is 1. The van der Waals surface area contributed by atoms with Crippen molar-refractivity contribution in [1.82, 2.24) is 9.55 Å². The van der Waals surface area contributed by atoms with Gasteiger partial charge in [0.25, 0.3) is 0 Å². The molecule has 0 radical (unpaired) electrons. The second-order valence-electron chi connectivity index (χ2n) is 6.02. The molecular formula is C20H22N2O4. The van der Waals surface area contributed by atoms with Crippen LogP contribution in [0.15, 0.2) is 36.7 Å². The highest BCUT2D eigenvalue weighted by Gasteiger charge is 2.25. The molecule has 6 heteroatoms. The zero-order valence-electron chi connectivity index (χ0n) is 15.2. The smallest absolute Gasteiger partial charge is 0.340 e. The van der Waals surface area contributed by atoms with Crippen molar-refractivity contribution in [3.8, 4) is 0 Å².